The van der Waals surface area contributed by atoms with E-state index in [2.05, 4.69) is 17.2 Å². The van der Waals surface area contributed by atoms with Gasteiger partial charge in [0.2, 0.25) is 5.91 Å². The van der Waals surface area contributed by atoms with Gasteiger partial charge in [0.15, 0.2) is 0 Å². The van der Waals surface area contributed by atoms with Crippen LogP contribution in [0.1, 0.15) is 92.7 Å². The lowest BCUT2D eigenvalue weighted by molar-refractivity contribution is -0.122. The minimum atomic E-state index is -1.06. The number of thiazole rings is 1. The van der Waals surface area contributed by atoms with Crippen LogP contribution in [0.25, 0.3) is 0 Å². The molecule has 5 N–H and O–H groups in total. The van der Waals surface area contributed by atoms with E-state index in [4.69, 9.17) is 10.5 Å². The van der Waals surface area contributed by atoms with Crippen molar-refractivity contribution in [3.8, 4) is 0 Å². The molecule has 1 aromatic rings. The summed E-state index contributed by atoms with van der Waals surface area (Å²) < 4.78 is 5.69. The number of aliphatic hydroxyl groups excluding tert-OH is 2. The number of hydrogen-bond acceptors (Lipinski definition) is 7. The molecular weight excluding hydrogens is 406 g/mol. The Kier molecular flexibility index (Phi) is 10.7. The summed E-state index contributed by atoms with van der Waals surface area (Å²) in [5.41, 5.74) is 5.36. The Morgan fingerprint density at radius 2 is 1.80 bits per heavy atom. The van der Waals surface area contributed by atoms with Crippen molar-refractivity contribution in [1.29, 1.82) is 0 Å². The fourth-order valence-corrected chi connectivity index (χ4v) is 4.56. The lowest BCUT2D eigenvalue weighted by Gasteiger charge is -2.20. The molecule has 4 atom stereocenters. The van der Waals surface area contributed by atoms with Gasteiger partial charge in [0.1, 0.15) is 29.0 Å². The van der Waals surface area contributed by atoms with Crippen molar-refractivity contribution in [3.05, 3.63) is 16.1 Å². The van der Waals surface area contributed by atoms with Gasteiger partial charge in [0.25, 0.3) is 5.91 Å². The number of nitrogens with one attached hydrogen (secondary N) is 1. The molecule has 1 saturated heterocycles. The van der Waals surface area contributed by atoms with Crippen LogP contribution >= 0.6 is 11.3 Å². The highest BCUT2D eigenvalue weighted by Gasteiger charge is 2.46. The molecule has 8 nitrogen and oxygen atoms in total. The van der Waals surface area contributed by atoms with Gasteiger partial charge < -0.3 is 26.0 Å². The number of carbonyl (C=O) groups excluding carboxylic acids is 2. The fraction of sp³-hybridized carbons (Fsp3) is 0.762. The van der Waals surface area contributed by atoms with Gasteiger partial charge in [-0.25, -0.2) is 4.98 Å². The molecule has 0 aromatic carbocycles. The molecule has 0 radical (unpaired) electrons. The zero-order valence-corrected chi connectivity index (χ0v) is 18.5. The third kappa shape index (κ3) is 7.30. The van der Waals surface area contributed by atoms with Crippen LogP contribution in [0.3, 0.4) is 0 Å². The van der Waals surface area contributed by atoms with Gasteiger partial charge in [0.05, 0.1) is 12.6 Å². The van der Waals surface area contributed by atoms with Crippen molar-refractivity contribution < 1.29 is 24.5 Å². The van der Waals surface area contributed by atoms with Crippen molar-refractivity contribution in [2.24, 2.45) is 5.73 Å². The zero-order chi connectivity index (χ0) is 21.9. The lowest BCUT2D eigenvalue weighted by Crippen LogP contribution is -2.45. The van der Waals surface area contributed by atoms with Crippen LogP contribution in [-0.2, 0) is 9.53 Å². The number of ether oxygens (including phenoxy) is 1. The first kappa shape index (κ1) is 24.7. The topological polar surface area (TPSA) is 135 Å². The highest BCUT2D eigenvalue weighted by atomic mass is 32.1. The minimum Gasteiger partial charge on any atom is -0.394 e. The maximum atomic E-state index is 12.4. The van der Waals surface area contributed by atoms with E-state index in [1.807, 2.05) is 0 Å². The summed E-state index contributed by atoms with van der Waals surface area (Å²) in [7, 11) is 0. The summed E-state index contributed by atoms with van der Waals surface area (Å²) in [5, 5.41) is 24.7. The highest BCUT2D eigenvalue weighted by Crippen LogP contribution is 2.35. The maximum absolute atomic E-state index is 12.4. The first-order valence-corrected chi connectivity index (χ1v) is 11.8. The van der Waals surface area contributed by atoms with Gasteiger partial charge in [-0.15, -0.1) is 11.3 Å². The van der Waals surface area contributed by atoms with Crippen LogP contribution in [0.15, 0.2) is 5.38 Å². The average molecular weight is 442 g/mol. The second kappa shape index (κ2) is 13.0. The zero-order valence-electron chi connectivity index (χ0n) is 17.7. The van der Waals surface area contributed by atoms with Crippen LogP contribution in [0, 0.1) is 0 Å². The Labute approximate surface area is 182 Å². The van der Waals surface area contributed by atoms with E-state index in [1.165, 1.54) is 55.2 Å². The molecule has 1 aliphatic rings. The number of rotatable bonds is 14. The Morgan fingerprint density at radius 3 is 2.37 bits per heavy atom. The monoisotopic (exact) mass is 441 g/mol. The molecule has 0 unspecified atom stereocenters. The molecule has 30 heavy (non-hydrogen) atoms. The first-order chi connectivity index (χ1) is 14.5. The van der Waals surface area contributed by atoms with Crippen LogP contribution in [0.5, 0.6) is 0 Å². The van der Waals surface area contributed by atoms with Gasteiger partial charge in [-0.3, -0.25) is 9.59 Å². The molecule has 2 amide bonds. The van der Waals surface area contributed by atoms with E-state index in [0.29, 0.717) is 11.4 Å². The molecule has 2 heterocycles. The Bertz CT molecular complexity index is 669. The van der Waals surface area contributed by atoms with Crippen LogP contribution in [0.4, 0.5) is 0 Å². The number of hydrogen-bond donors (Lipinski definition) is 4. The van der Waals surface area contributed by atoms with Gasteiger partial charge in [0, 0.05) is 11.8 Å². The summed E-state index contributed by atoms with van der Waals surface area (Å²) >= 11 is 1.17. The van der Waals surface area contributed by atoms with E-state index < -0.39 is 30.3 Å². The average Bonchev–Trinajstić information content (AvgIpc) is 3.32. The summed E-state index contributed by atoms with van der Waals surface area (Å²) in [5.74, 6) is -0.818. The Balaban J connectivity index is 1.78. The van der Waals surface area contributed by atoms with Gasteiger partial charge in [-0.2, -0.15) is 0 Å². The number of primary amides is 1. The molecule has 0 bridgehead atoms. The van der Waals surface area contributed by atoms with E-state index in [-0.39, 0.29) is 18.2 Å². The highest BCUT2D eigenvalue weighted by molar-refractivity contribution is 7.09. The summed E-state index contributed by atoms with van der Waals surface area (Å²) in [6.45, 7) is 1.83. The fourth-order valence-electron chi connectivity index (χ4n) is 3.67. The van der Waals surface area contributed by atoms with Crippen LogP contribution < -0.4 is 11.1 Å². The van der Waals surface area contributed by atoms with E-state index in [1.54, 1.807) is 0 Å². The number of amides is 2. The number of unbranched alkanes of at least 4 members (excludes halogenated alkanes) is 8. The third-order valence-corrected chi connectivity index (χ3v) is 6.34. The molecule has 9 heteroatoms. The second-order valence-corrected chi connectivity index (χ2v) is 8.76. The molecule has 1 aliphatic heterocycles. The van der Waals surface area contributed by atoms with Crippen molar-refractivity contribution in [3.63, 3.8) is 0 Å². The number of carbonyl (C=O) groups is 2. The van der Waals surface area contributed by atoms with Gasteiger partial charge >= 0.3 is 0 Å². The van der Waals surface area contributed by atoms with Gasteiger partial charge in [-0.1, -0.05) is 58.3 Å². The van der Waals surface area contributed by atoms with Crippen LogP contribution in [-0.4, -0.2) is 51.9 Å². The lowest BCUT2D eigenvalue weighted by atomic mass is 10.0. The molecule has 0 aliphatic carbocycles. The van der Waals surface area contributed by atoms with Crippen LogP contribution in [0.2, 0.25) is 0 Å². The molecule has 170 valence electrons. The van der Waals surface area contributed by atoms with Gasteiger partial charge in [-0.05, 0) is 6.42 Å². The molecule has 0 spiro atoms. The molecule has 1 fully saturated rings. The van der Waals surface area contributed by atoms with Crippen molar-refractivity contribution in [2.75, 3.05) is 6.61 Å². The normalized spacial score (nSPS) is 23.6. The maximum Gasteiger partial charge on any atom is 0.268 e. The predicted octanol–water partition coefficient (Wildman–Crippen LogP) is 2.44. The quantitative estimate of drug-likeness (QED) is 0.328. The van der Waals surface area contributed by atoms with E-state index in [0.717, 1.165) is 19.3 Å². The summed E-state index contributed by atoms with van der Waals surface area (Å²) in [6, 6.07) is -0.736. The SMILES string of the molecule is CCCCCCCCCCCC(=O)N[C@@H]1[C@H](O)[C@@H](CO)O[C@H]1c1nc(C(N)=O)cs1. The number of nitrogens with two attached hydrogens (primary N) is 1. The van der Waals surface area contributed by atoms with Crippen molar-refractivity contribution in [2.45, 2.75) is 95.5 Å². The van der Waals surface area contributed by atoms with E-state index >= 15 is 0 Å². The number of aliphatic hydroxyl groups is 2. The number of aromatic nitrogens is 1. The number of nitrogens with zero attached hydrogens (tertiary/aromatic N) is 1. The Hall–Kier alpha value is -1.55. The van der Waals surface area contributed by atoms with Crippen molar-refractivity contribution in [1.82, 2.24) is 10.3 Å². The second-order valence-electron chi connectivity index (χ2n) is 7.88. The molecule has 1 aromatic heterocycles. The first-order valence-electron chi connectivity index (χ1n) is 11.0. The summed E-state index contributed by atoms with van der Waals surface area (Å²) in [6.07, 6.45) is 8.28. The standard InChI is InChI=1S/C21H35N3O5S/c1-2-3-4-5-6-7-8-9-10-11-16(26)24-17-18(27)15(12-25)29-19(17)21-23-14(13-30-21)20(22)28/h13,15,17-19,25,27H,2-12H2,1H3,(H2,22,28)(H,24,26)/t15-,17-,18-,19-/m1/s1. The Morgan fingerprint density at radius 1 is 1.17 bits per heavy atom. The summed E-state index contributed by atoms with van der Waals surface area (Å²) in [4.78, 5) is 27.9. The van der Waals surface area contributed by atoms with E-state index in [9.17, 15) is 19.8 Å². The molecule has 2 rings (SSSR count). The predicted molar refractivity (Wildman–Crippen MR) is 115 cm³/mol. The van der Waals surface area contributed by atoms with Crippen molar-refractivity contribution >= 4 is 23.2 Å². The molecule has 0 saturated carbocycles. The largest absolute Gasteiger partial charge is 0.394 e. The minimum absolute atomic E-state index is 0.111. The third-order valence-electron chi connectivity index (χ3n) is 5.43. The smallest absolute Gasteiger partial charge is 0.268 e. The molecular formula is C21H35N3O5S.